The lowest BCUT2D eigenvalue weighted by atomic mass is 10.3. The molecule has 4 nitrogen and oxygen atoms in total. The van der Waals surface area contributed by atoms with Crippen molar-refractivity contribution in [1.82, 2.24) is 9.78 Å². The zero-order chi connectivity index (χ0) is 11.3. The number of carbonyl (C=O) groups is 1. The highest BCUT2D eigenvalue weighted by atomic mass is 16.5. The third-order valence-electron chi connectivity index (χ3n) is 2.17. The molecule has 0 fully saturated rings. The van der Waals surface area contributed by atoms with Gasteiger partial charge in [-0.2, -0.15) is 5.10 Å². The van der Waals surface area contributed by atoms with Gasteiger partial charge in [-0.05, 0) is 32.8 Å². The maximum absolute atomic E-state index is 10.5. The van der Waals surface area contributed by atoms with E-state index < -0.39 is 0 Å². The average Bonchev–Trinajstić information content (AvgIpc) is 2.44. The standard InChI is InChI=1S/C11H18N2O2/c1-9-8-10(2)13(12-9)6-4-5-7-15-11(3)14/h8H,4-7H2,1-3H3. The minimum absolute atomic E-state index is 0.207. The van der Waals surface area contributed by atoms with E-state index in [-0.39, 0.29) is 5.97 Å². The number of esters is 1. The molecule has 4 heteroatoms. The molecular weight excluding hydrogens is 192 g/mol. The van der Waals surface area contributed by atoms with E-state index in [2.05, 4.69) is 11.2 Å². The first-order chi connectivity index (χ1) is 7.09. The van der Waals surface area contributed by atoms with Crippen molar-refractivity contribution in [3.8, 4) is 0 Å². The third-order valence-corrected chi connectivity index (χ3v) is 2.17. The number of hydrogen-bond donors (Lipinski definition) is 0. The van der Waals surface area contributed by atoms with E-state index in [1.54, 1.807) is 0 Å². The van der Waals surface area contributed by atoms with Crippen LogP contribution in [0, 0.1) is 13.8 Å². The van der Waals surface area contributed by atoms with Gasteiger partial charge in [0.05, 0.1) is 12.3 Å². The maximum atomic E-state index is 10.5. The lowest BCUT2D eigenvalue weighted by Crippen LogP contribution is -2.05. The number of ether oxygens (including phenoxy) is 1. The first-order valence-electron chi connectivity index (χ1n) is 5.24. The summed E-state index contributed by atoms with van der Waals surface area (Å²) in [4.78, 5) is 10.5. The van der Waals surface area contributed by atoms with Crippen LogP contribution in [0.15, 0.2) is 6.07 Å². The fraction of sp³-hybridized carbons (Fsp3) is 0.636. The lowest BCUT2D eigenvalue weighted by Gasteiger charge is -2.04. The van der Waals surface area contributed by atoms with E-state index in [1.807, 2.05) is 18.5 Å². The second-order valence-corrected chi connectivity index (χ2v) is 3.70. The van der Waals surface area contributed by atoms with E-state index in [0.717, 1.165) is 25.1 Å². The fourth-order valence-electron chi connectivity index (χ4n) is 1.48. The number of rotatable bonds is 5. The van der Waals surface area contributed by atoms with Crippen molar-refractivity contribution in [2.75, 3.05) is 6.61 Å². The van der Waals surface area contributed by atoms with Crippen molar-refractivity contribution in [3.05, 3.63) is 17.5 Å². The Kier molecular flexibility index (Phi) is 4.34. The normalized spacial score (nSPS) is 10.3. The summed E-state index contributed by atoms with van der Waals surface area (Å²) in [5, 5.41) is 4.35. The molecule has 0 radical (unpaired) electrons. The first-order valence-corrected chi connectivity index (χ1v) is 5.24. The molecule has 0 saturated carbocycles. The number of carbonyl (C=O) groups excluding carboxylic acids is 1. The van der Waals surface area contributed by atoms with Gasteiger partial charge in [0, 0.05) is 19.2 Å². The van der Waals surface area contributed by atoms with Gasteiger partial charge in [0.2, 0.25) is 0 Å². The average molecular weight is 210 g/mol. The number of aryl methyl sites for hydroxylation is 3. The Bertz CT molecular complexity index is 331. The molecule has 1 aromatic rings. The summed E-state index contributed by atoms with van der Waals surface area (Å²) in [6.45, 7) is 6.87. The number of unbranched alkanes of at least 4 members (excludes halogenated alkanes) is 1. The van der Waals surface area contributed by atoms with Crippen LogP contribution in [0.2, 0.25) is 0 Å². The SMILES string of the molecule is CC(=O)OCCCCn1nc(C)cc1C. The van der Waals surface area contributed by atoms with Crippen molar-refractivity contribution in [3.63, 3.8) is 0 Å². The number of nitrogens with zero attached hydrogens (tertiary/aromatic N) is 2. The molecule has 0 saturated heterocycles. The highest BCUT2D eigenvalue weighted by Gasteiger charge is 2.00. The van der Waals surface area contributed by atoms with Crippen LogP contribution in [0.3, 0.4) is 0 Å². The van der Waals surface area contributed by atoms with E-state index in [9.17, 15) is 4.79 Å². The lowest BCUT2D eigenvalue weighted by molar-refractivity contribution is -0.141. The van der Waals surface area contributed by atoms with Crippen molar-refractivity contribution < 1.29 is 9.53 Å². The molecule has 84 valence electrons. The Balaban J connectivity index is 2.20. The molecule has 0 aliphatic carbocycles. The van der Waals surface area contributed by atoms with Crippen LogP contribution in [-0.2, 0) is 16.1 Å². The van der Waals surface area contributed by atoms with Crippen LogP contribution in [0.25, 0.3) is 0 Å². The predicted molar refractivity (Wildman–Crippen MR) is 57.6 cm³/mol. The molecule has 1 rings (SSSR count). The summed E-state index contributed by atoms with van der Waals surface area (Å²) in [5.74, 6) is -0.207. The molecule has 0 spiro atoms. The van der Waals surface area contributed by atoms with Crippen molar-refractivity contribution in [2.45, 2.75) is 40.2 Å². The fourth-order valence-corrected chi connectivity index (χ4v) is 1.48. The molecular formula is C11H18N2O2. The van der Waals surface area contributed by atoms with Gasteiger partial charge >= 0.3 is 5.97 Å². The maximum Gasteiger partial charge on any atom is 0.302 e. The van der Waals surface area contributed by atoms with Crippen LogP contribution in [0.1, 0.15) is 31.2 Å². The van der Waals surface area contributed by atoms with Crippen molar-refractivity contribution >= 4 is 5.97 Å². The van der Waals surface area contributed by atoms with Gasteiger partial charge in [-0.1, -0.05) is 0 Å². The van der Waals surface area contributed by atoms with Crippen LogP contribution in [0.4, 0.5) is 0 Å². The molecule has 0 bridgehead atoms. The zero-order valence-corrected chi connectivity index (χ0v) is 9.62. The Labute approximate surface area is 90.2 Å². The van der Waals surface area contributed by atoms with E-state index in [1.165, 1.54) is 12.6 Å². The van der Waals surface area contributed by atoms with E-state index in [4.69, 9.17) is 4.74 Å². The highest BCUT2D eigenvalue weighted by Crippen LogP contribution is 2.03. The molecule has 15 heavy (non-hydrogen) atoms. The topological polar surface area (TPSA) is 44.1 Å². The molecule has 1 heterocycles. The molecule has 0 atom stereocenters. The second-order valence-electron chi connectivity index (χ2n) is 3.70. The Hall–Kier alpha value is -1.32. The van der Waals surface area contributed by atoms with Gasteiger partial charge in [-0.15, -0.1) is 0 Å². The summed E-state index contributed by atoms with van der Waals surface area (Å²) < 4.78 is 6.84. The first kappa shape index (κ1) is 11.8. The third kappa shape index (κ3) is 4.14. The van der Waals surface area contributed by atoms with E-state index in [0.29, 0.717) is 6.61 Å². The van der Waals surface area contributed by atoms with Gasteiger partial charge in [0.25, 0.3) is 0 Å². The largest absolute Gasteiger partial charge is 0.466 e. The van der Waals surface area contributed by atoms with Gasteiger partial charge in [0.15, 0.2) is 0 Å². The van der Waals surface area contributed by atoms with Gasteiger partial charge < -0.3 is 4.74 Å². The van der Waals surface area contributed by atoms with Crippen LogP contribution in [-0.4, -0.2) is 22.4 Å². The zero-order valence-electron chi connectivity index (χ0n) is 9.62. The molecule has 0 N–H and O–H groups in total. The molecule has 0 aromatic carbocycles. The minimum atomic E-state index is -0.207. The molecule has 0 aliphatic rings. The highest BCUT2D eigenvalue weighted by molar-refractivity contribution is 5.65. The van der Waals surface area contributed by atoms with Crippen molar-refractivity contribution in [2.24, 2.45) is 0 Å². The minimum Gasteiger partial charge on any atom is -0.466 e. The van der Waals surface area contributed by atoms with Gasteiger partial charge in [0.1, 0.15) is 0 Å². The predicted octanol–water partition coefficient (Wildman–Crippen LogP) is 1.84. The van der Waals surface area contributed by atoms with Crippen LogP contribution < -0.4 is 0 Å². The summed E-state index contributed by atoms with van der Waals surface area (Å²) in [6, 6.07) is 2.06. The monoisotopic (exact) mass is 210 g/mol. The molecule has 0 aliphatic heterocycles. The van der Waals surface area contributed by atoms with Gasteiger partial charge in [-0.25, -0.2) is 0 Å². The Morgan fingerprint density at radius 1 is 1.47 bits per heavy atom. The second kappa shape index (κ2) is 5.53. The number of aromatic nitrogens is 2. The summed E-state index contributed by atoms with van der Waals surface area (Å²) in [5.41, 5.74) is 2.23. The Morgan fingerprint density at radius 3 is 2.73 bits per heavy atom. The number of hydrogen-bond acceptors (Lipinski definition) is 3. The van der Waals surface area contributed by atoms with Crippen molar-refractivity contribution in [1.29, 1.82) is 0 Å². The van der Waals surface area contributed by atoms with Crippen LogP contribution in [0.5, 0.6) is 0 Å². The summed E-state index contributed by atoms with van der Waals surface area (Å²) >= 11 is 0. The van der Waals surface area contributed by atoms with Crippen LogP contribution >= 0.6 is 0 Å². The summed E-state index contributed by atoms with van der Waals surface area (Å²) in [7, 11) is 0. The smallest absolute Gasteiger partial charge is 0.302 e. The van der Waals surface area contributed by atoms with Gasteiger partial charge in [-0.3, -0.25) is 9.48 Å². The van der Waals surface area contributed by atoms with E-state index >= 15 is 0 Å². The molecule has 1 aromatic heterocycles. The summed E-state index contributed by atoms with van der Waals surface area (Å²) in [6.07, 6.45) is 1.87. The Morgan fingerprint density at radius 2 is 2.20 bits per heavy atom. The molecule has 0 amide bonds. The quantitative estimate of drug-likeness (QED) is 0.550. The molecule has 0 unspecified atom stereocenters.